The number of halogens is 1. The van der Waals surface area contributed by atoms with Crippen LogP contribution in [-0.4, -0.2) is 58.7 Å². The minimum Gasteiger partial charge on any atom is -0.354 e. The number of amides is 1. The van der Waals surface area contributed by atoms with E-state index in [0.29, 0.717) is 17.3 Å². The molecular weight excluding hydrogens is 338 g/mol. The SMILES string of the molecule is C[C@H](C(=O)NCCCN(C)C)N(c1ccc(Cl)cc1)S(C)(=O)=O. The van der Waals surface area contributed by atoms with Crippen molar-refractivity contribution < 1.29 is 13.2 Å². The number of hydrogen-bond acceptors (Lipinski definition) is 4. The van der Waals surface area contributed by atoms with Gasteiger partial charge in [0.15, 0.2) is 0 Å². The summed E-state index contributed by atoms with van der Waals surface area (Å²) in [5.41, 5.74) is 0.410. The Morgan fingerprint density at radius 2 is 1.83 bits per heavy atom. The van der Waals surface area contributed by atoms with E-state index in [1.165, 1.54) is 0 Å². The molecule has 0 aliphatic rings. The average Bonchev–Trinajstić information content (AvgIpc) is 2.44. The van der Waals surface area contributed by atoms with Crippen molar-refractivity contribution >= 4 is 33.2 Å². The largest absolute Gasteiger partial charge is 0.354 e. The van der Waals surface area contributed by atoms with Crippen molar-refractivity contribution in [2.75, 3.05) is 37.7 Å². The third-order valence-electron chi connectivity index (χ3n) is 3.25. The van der Waals surface area contributed by atoms with Gasteiger partial charge in [0.2, 0.25) is 15.9 Å². The summed E-state index contributed by atoms with van der Waals surface area (Å²) in [4.78, 5) is 14.3. The number of rotatable bonds is 8. The van der Waals surface area contributed by atoms with Gasteiger partial charge >= 0.3 is 0 Å². The molecule has 0 saturated heterocycles. The number of carbonyl (C=O) groups excluding carboxylic acids is 1. The van der Waals surface area contributed by atoms with Crippen LogP contribution in [0.25, 0.3) is 0 Å². The molecule has 0 bridgehead atoms. The zero-order chi connectivity index (χ0) is 17.6. The molecule has 0 radical (unpaired) electrons. The second kappa shape index (κ2) is 8.52. The summed E-state index contributed by atoms with van der Waals surface area (Å²) in [5.74, 6) is -0.330. The lowest BCUT2D eigenvalue weighted by Gasteiger charge is -2.28. The number of benzene rings is 1. The van der Waals surface area contributed by atoms with Crippen LogP contribution >= 0.6 is 11.6 Å². The highest BCUT2D eigenvalue weighted by atomic mass is 35.5. The van der Waals surface area contributed by atoms with E-state index in [4.69, 9.17) is 11.6 Å². The number of sulfonamides is 1. The minimum absolute atomic E-state index is 0.330. The van der Waals surface area contributed by atoms with Gasteiger partial charge in [-0.1, -0.05) is 11.6 Å². The Morgan fingerprint density at radius 3 is 2.30 bits per heavy atom. The van der Waals surface area contributed by atoms with E-state index in [-0.39, 0.29) is 5.91 Å². The maximum absolute atomic E-state index is 12.3. The van der Waals surface area contributed by atoms with Crippen molar-refractivity contribution in [1.82, 2.24) is 10.2 Å². The molecule has 1 N–H and O–H groups in total. The molecule has 1 amide bonds. The molecule has 1 rings (SSSR count). The highest BCUT2D eigenvalue weighted by Crippen LogP contribution is 2.22. The van der Waals surface area contributed by atoms with E-state index < -0.39 is 16.1 Å². The first-order valence-electron chi connectivity index (χ1n) is 7.30. The van der Waals surface area contributed by atoms with Gasteiger partial charge in [-0.05, 0) is 58.3 Å². The molecule has 23 heavy (non-hydrogen) atoms. The summed E-state index contributed by atoms with van der Waals surface area (Å²) < 4.78 is 25.3. The smallest absolute Gasteiger partial charge is 0.243 e. The first-order valence-corrected chi connectivity index (χ1v) is 9.53. The van der Waals surface area contributed by atoms with Crippen LogP contribution in [0.2, 0.25) is 5.02 Å². The highest BCUT2D eigenvalue weighted by Gasteiger charge is 2.28. The molecule has 8 heteroatoms. The van der Waals surface area contributed by atoms with Gasteiger partial charge < -0.3 is 10.2 Å². The lowest BCUT2D eigenvalue weighted by molar-refractivity contribution is -0.121. The zero-order valence-corrected chi connectivity index (χ0v) is 15.5. The maximum atomic E-state index is 12.3. The molecule has 1 aromatic rings. The fourth-order valence-corrected chi connectivity index (χ4v) is 3.45. The molecular formula is C15H24ClN3O3S. The van der Waals surface area contributed by atoms with Crippen molar-refractivity contribution in [3.63, 3.8) is 0 Å². The van der Waals surface area contributed by atoms with Crippen LogP contribution in [0.5, 0.6) is 0 Å². The lowest BCUT2D eigenvalue weighted by Crippen LogP contribution is -2.48. The predicted octanol–water partition coefficient (Wildman–Crippen LogP) is 1.56. The van der Waals surface area contributed by atoms with Gasteiger partial charge in [-0.25, -0.2) is 8.42 Å². The van der Waals surface area contributed by atoms with E-state index in [2.05, 4.69) is 5.32 Å². The first-order chi connectivity index (χ1) is 10.6. The second-order valence-electron chi connectivity index (χ2n) is 5.66. The van der Waals surface area contributed by atoms with Gasteiger partial charge in [0, 0.05) is 11.6 Å². The average molecular weight is 362 g/mol. The summed E-state index contributed by atoms with van der Waals surface area (Å²) in [5, 5.41) is 3.28. The van der Waals surface area contributed by atoms with E-state index in [0.717, 1.165) is 23.5 Å². The predicted molar refractivity (Wildman–Crippen MR) is 94.4 cm³/mol. The summed E-state index contributed by atoms with van der Waals surface area (Å²) in [6.45, 7) is 2.91. The van der Waals surface area contributed by atoms with Gasteiger partial charge in [0.25, 0.3) is 0 Å². The van der Waals surface area contributed by atoms with Gasteiger partial charge in [0.05, 0.1) is 11.9 Å². The van der Waals surface area contributed by atoms with Crippen LogP contribution in [0, 0.1) is 0 Å². The van der Waals surface area contributed by atoms with Crippen molar-refractivity contribution in [1.29, 1.82) is 0 Å². The lowest BCUT2D eigenvalue weighted by atomic mass is 10.2. The van der Waals surface area contributed by atoms with Crippen LogP contribution in [0.4, 0.5) is 5.69 Å². The van der Waals surface area contributed by atoms with Crippen LogP contribution in [0.3, 0.4) is 0 Å². The molecule has 0 fully saturated rings. The standard InChI is InChI=1S/C15H24ClN3O3S/c1-12(15(20)17-10-5-11-18(2)3)19(23(4,21)22)14-8-6-13(16)7-9-14/h6-9,12H,5,10-11H2,1-4H3,(H,17,20)/t12-/m1/s1. The molecule has 0 saturated carbocycles. The van der Waals surface area contributed by atoms with Crippen molar-refractivity contribution in [2.45, 2.75) is 19.4 Å². The van der Waals surface area contributed by atoms with Gasteiger partial charge in [-0.15, -0.1) is 0 Å². The molecule has 0 aromatic heterocycles. The highest BCUT2D eigenvalue weighted by molar-refractivity contribution is 7.92. The molecule has 6 nitrogen and oxygen atoms in total. The van der Waals surface area contributed by atoms with E-state index in [9.17, 15) is 13.2 Å². The fourth-order valence-electron chi connectivity index (χ4n) is 2.15. The Bertz CT molecular complexity index is 617. The molecule has 0 unspecified atom stereocenters. The zero-order valence-electron chi connectivity index (χ0n) is 13.9. The molecule has 0 aliphatic heterocycles. The van der Waals surface area contributed by atoms with Crippen LogP contribution in [-0.2, 0) is 14.8 Å². The Labute approximate surface area is 143 Å². The van der Waals surface area contributed by atoms with E-state index in [1.807, 2.05) is 19.0 Å². The summed E-state index contributed by atoms with van der Waals surface area (Å²) in [7, 11) is 0.312. The molecule has 0 aliphatic carbocycles. The third kappa shape index (κ3) is 6.37. The van der Waals surface area contributed by atoms with Crippen LogP contribution in [0.1, 0.15) is 13.3 Å². The van der Waals surface area contributed by atoms with E-state index >= 15 is 0 Å². The summed E-state index contributed by atoms with van der Waals surface area (Å²) >= 11 is 5.83. The number of hydrogen-bond donors (Lipinski definition) is 1. The van der Waals surface area contributed by atoms with Crippen molar-refractivity contribution in [3.8, 4) is 0 Å². The van der Waals surface area contributed by atoms with Crippen LogP contribution in [0.15, 0.2) is 24.3 Å². The van der Waals surface area contributed by atoms with Gasteiger partial charge in [-0.2, -0.15) is 0 Å². The van der Waals surface area contributed by atoms with E-state index in [1.54, 1.807) is 31.2 Å². The number of nitrogens with one attached hydrogen (secondary N) is 1. The molecule has 0 spiro atoms. The molecule has 130 valence electrons. The minimum atomic E-state index is -3.60. The number of anilines is 1. The van der Waals surface area contributed by atoms with Gasteiger partial charge in [-0.3, -0.25) is 9.10 Å². The Morgan fingerprint density at radius 1 is 1.26 bits per heavy atom. The van der Waals surface area contributed by atoms with Gasteiger partial charge in [0.1, 0.15) is 6.04 Å². The van der Waals surface area contributed by atoms with Crippen molar-refractivity contribution in [2.24, 2.45) is 0 Å². The summed E-state index contributed by atoms with van der Waals surface area (Å²) in [6, 6.07) is 5.51. The topological polar surface area (TPSA) is 69.7 Å². The summed E-state index contributed by atoms with van der Waals surface area (Å²) in [6.07, 6.45) is 1.88. The Kier molecular flexibility index (Phi) is 7.31. The van der Waals surface area contributed by atoms with Crippen LogP contribution < -0.4 is 9.62 Å². The fraction of sp³-hybridized carbons (Fsp3) is 0.533. The monoisotopic (exact) mass is 361 g/mol. The Hall–Kier alpha value is -1.31. The molecule has 1 atom stereocenters. The second-order valence-corrected chi connectivity index (χ2v) is 7.95. The quantitative estimate of drug-likeness (QED) is 0.713. The Balaban J connectivity index is 2.83. The number of carbonyl (C=O) groups is 1. The maximum Gasteiger partial charge on any atom is 0.243 e. The third-order valence-corrected chi connectivity index (χ3v) is 4.74. The van der Waals surface area contributed by atoms with Crippen molar-refractivity contribution in [3.05, 3.63) is 29.3 Å². The normalized spacial score (nSPS) is 13.0. The first kappa shape index (κ1) is 19.7. The molecule has 1 aromatic carbocycles. The molecule has 0 heterocycles. The number of nitrogens with zero attached hydrogens (tertiary/aromatic N) is 2.